The van der Waals surface area contributed by atoms with Crippen LogP contribution in [0.4, 0.5) is 0 Å². The zero-order valence-electron chi connectivity index (χ0n) is 14.5. The molecular formula is C17H27NO5S. The van der Waals surface area contributed by atoms with Crippen LogP contribution in [0.5, 0.6) is 0 Å². The lowest BCUT2D eigenvalue weighted by molar-refractivity contribution is -0.149. The van der Waals surface area contributed by atoms with E-state index in [1.165, 1.54) is 19.2 Å². The van der Waals surface area contributed by atoms with Crippen LogP contribution in [0.2, 0.25) is 0 Å². The van der Waals surface area contributed by atoms with E-state index in [4.69, 9.17) is 4.74 Å². The lowest BCUT2D eigenvalue weighted by atomic mass is 9.97. The zero-order chi connectivity index (χ0) is 18.2. The molecule has 0 aromatic heterocycles. The summed E-state index contributed by atoms with van der Waals surface area (Å²) in [6, 6.07) is 6.41. The maximum absolute atomic E-state index is 12.3. The van der Waals surface area contributed by atoms with E-state index in [1.54, 1.807) is 12.1 Å². The molecule has 24 heavy (non-hydrogen) atoms. The molecule has 2 atom stereocenters. The van der Waals surface area contributed by atoms with Gasteiger partial charge in [0.05, 0.1) is 24.0 Å². The van der Waals surface area contributed by atoms with Crippen LogP contribution in [0.15, 0.2) is 29.2 Å². The Balaban J connectivity index is 2.76. The van der Waals surface area contributed by atoms with Crippen molar-refractivity contribution in [3.63, 3.8) is 0 Å². The van der Waals surface area contributed by atoms with E-state index >= 15 is 0 Å². The minimum Gasteiger partial charge on any atom is -0.469 e. The first-order chi connectivity index (χ1) is 11.3. The van der Waals surface area contributed by atoms with Crippen LogP contribution in [0, 0.1) is 12.8 Å². The van der Waals surface area contributed by atoms with Crippen LogP contribution < -0.4 is 4.72 Å². The van der Waals surface area contributed by atoms with Crippen molar-refractivity contribution < 1.29 is 23.1 Å². The largest absolute Gasteiger partial charge is 0.469 e. The molecule has 0 bridgehead atoms. The van der Waals surface area contributed by atoms with Gasteiger partial charge in [0, 0.05) is 6.54 Å². The van der Waals surface area contributed by atoms with Crippen molar-refractivity contribution in [2.45, 2.75) is 50.5 Å². The number of rotatable bonds is 10. The highest BCUT2D eigenvalue weighted by atomic mass is 32.2. The molecule has 1 aromatic carbocycles. The third kappa shape index (κ3) is 6.22. The molecule has 0 unspecified atom stereocenters. The number of methoxy groups -OCH3 is 1. The fraction of sp³-hybridized carbons (Fsp3) is 0.588. The summed E-state index contributed by atoms with van der Waals surface area (Å²) in [7, 11) is -2.52. The average Bonchev–Trinajstić information content (AvgIpc) is 2.55. The molecule has 0 fully saturated rings. The summed E-state index contributed by atoms with van der Waals surface area (Å²) < 4.78 is 31.7. The second-order valence-electron chi connectivity index (χ2n) is 5.86. The number of aryl methyl sites for hydroxylation is 1. The summed E-state index contributed by atoms with van der Waals surface area (Å²) in [5.41, 5.74) is 0.952. The van der Waals surface area contributed by atoms with Crippen LogP contribution in [-0.4, -0.2) is 39.3 Å². The first kappa shape index (κ1) is 20.6. The monoisotopic (exact) mass is 357 g/mol. The molecule has 6 nitrogen and oxygen atoms in total. The van der Waals surface area contributed by atoms with E-state index in [2.05, 4.69) is 4.72 Å². The Hall–Kier alpha value is -1.44. The minimum atomic E-state index is -3.74. The number of carbonyl (C=O) groups excluding carboxylic acids is 1. The van der Waals surface area contributed by atoms with E-state index in [0.717, 1.165) is 24.8 Å². The Bertz CT molecular complexity index is 612. The lowest BCUT2D eigenvalue weighted by Crippen LogP contribution is -2.40. The maximum atomic E-state index is 12.3. The van der Waals surface area contributed by atoms with Crippen LogP contribution in [0.25, 0.3) is 0 Å². The van der Waals surface area contributed by atoms with Crippen molar-refractivity contribution in [1.29, 1.82) is 0 Å². The van der Waals surface area contributed by atoms with Crippen molar-refractivity contribution in [1.82, 2.24) is 4.72 Å². The highest BCUT2D eigenvalue weighted by Crippen LogP contribution is 2.15. The standard InChI is InChI=1S/C17H27NO5S/c1-4-5-6-7-16(19)15(17(20)23-3)12-18-24(21,22)14-10-8-13(2)9-11-14/h8-11,15-16,18-19H,4-7,12H2,1-3H3/t15-,16-/m0/s1. The van der Waals surface area contributed by atoms with Crippen molar-refractivity contribution in [3.05, 3.63) is 29.8 Å². The summed E-state index contributed by atoms with van der Waals surface area (Å²) in [6.45, 7) is 3.71. The summed E-state index contributed by atoms with van der Waals surface area (Å²) in [5, 5.41) is 10.2. The lowest BCUT2D eigenvalue weighted by Gasteiger charge is -2.21. The molecule has 0 saturated carbocycles. The molecule has 136 valence electrons. The SMILES string of the molecule is CCCCC[C@H](O)[C@H](CNS(=O)(=O)c1ccc(C)cc1)C(=O)OC. The summed E-state index contributed by atoms with van der Waals surface area (Å²) in [4.78, 5) is 12.0. The topological polar surface area (TPSA) is 92.7 Å². The fourth-order valence-corrected chi connectivity index (χ4v) is 3.39. The van der Waals surface area contributed by atoms with Gasteiger partial charge >= 0.3 is 5.97 Å². The number of unbranched alkanes of at least 4 members (excludes halogenated alkanes) is 2. The number of sulfonamides is 1. The molecule has 0 heterocycles. The van der Waals surface area contributed by atoms with Gasteiger partial charge in [-0.1, -0.05) is 43.9 Å². The molecule has 7 heteroatoms. The van der Waals surface area contributed by atoms with E-state index in [1.807, 2.05) is 13.8 Å². The number of aliphatic hydroxyl groups excluding tert-OH is 1. The van der Waals surface area contributed by atoms with Gasteiger partial charge in [-0.15, -0.1) is 0 Å². The van der Waals surface area contributed by atoms with Gasteiger partial charge in [0.2, 0.25) is 10.0 Å². The van der Waals surface area contributed by atoms with Gasteiger partial charge in [0.25, 0.3) is 0 Å². The summed E-state index contributed by atoms with van der Waals surface area (Å²) in [6.07, 6.45) is 2.20. The normalized spacial score (nSPS) is 14.2. The second-order valence-corrected chi connectivity index (χ2v) is 7.62. The molecule has 0 amide bonds. The molecule has 0 saturated heterocycles. The van der Waals surface area contributed by atoms with Crippen molar-refractivity contribution in [2.75, 3.05) is 13.7 Å². The maximum Gasteiger partial charge on any atom is 0.312 e. The Morgan fingerprint density at radius 1 is 1.25 bits per heavy atom. The number of carbonyl (C=O) groups is 1. The molecular weight excluding hydrogens is 330 g/mol. The van der Waals surface area contributed by atoms with Crippen molar-refractivity contribution in [3.8, 4) is 0 Å². The highest BCUT2D eigenvalue weighted by Gasteiger charge is 2.29. The minimum absolute atomic E-state index is 0.122. The van der Waals surface area contributed by atoms with Crippen LogP contribution >= 0.6 is 0 Å². The number of esters is 1. The smallest absolute Gasteiger partial charge is 0.312 e. The molecule has 2 N–H and O–H groups in total. The number of ether oxygens (including phenoxy) is 1. The third-order valence-electron chi connectivity index (χ3n) is 3.90. The number of aliphatic hydroxyl groups is 1. The average molecular weight is 357 g/mol. The third-order valence-corrected chi connectivity index (χ3v) is 5.34. The predicted molar refractivity (Wildman–Crippen MR) is 92.0 cm³/mol. The van der Waals surface area contributed by atoms with E-state index in [-0.39, 0.29) is 11.4 Å². The first-order valence-electron chi connectivity index (χ1n) is 8.14. The van der Waals surface area contributed by atoms with Crippen molar-refractivity contribution in [2.24, 2.45) is 5.92 Å². The molecule has 0 aliphatic heterocycles. The number of nitrogens with one attached hydrogen (secondary N) is 1. The van der Waals surface area contributed by atoms with Gasteiger partial charge in [-0.05, 0) is 25.5 Å². The number of hydrogen-bond donors (Lipinski definition) is 2. The van der Waals surface area contributed by atoms with Gasteiger partial charge in [0.1, 0.15) is 0 Å². The predicted octanol–water partition coefficient (Wildman–Crippen LogP) is 2.00. The Labute approximate surface area is 144 Å². The summed E-state index contributed by atoms with van der Waals surface area (Å²) in [5.74, 6) is -1.54. The van der Waals surface area contributed by atoms with Gasteiger partial charge in [-0.3, -0.25) is 4.79 Å². The molecule has 1 rings (SSSR count). The van der Waals surface area contributed by atoms with Gasteiger partial charge < -0.3 is 9.84 Å². The quantitative estimate of drug-likeness (QED) is 0.493. The van der Waals surface area contributed by atoms with Crippen LogP contribution in [0.3, 0.4) is 0 Å². The first-order valence-corrected chi connectivity index (χ1v) is 9.62. The van der Waals surface area contributed by atoms with Gasteiger partial charge in [0.15, 0.2) is 0 Å². The van der Waals surface area contributed by atoms with Crippen molar-refractivity contribution >= 4 is 16.0 Å². The molecule has 1 aromatic rings. The molecule has 0 aliphatic rings. The van der Waals surface area contributed by atoms with Gasteiger partial charge in [-0.25, -0.2) is 13.1 Å². The summed E-state index contributed by atoms with van der Waals surface area (Å²) >= 11 is 0. The van der Waals surface area contributed by atoms with E-state index in [0.29, 0.717) is 6.42 Å². The number of hydrogen-bond acceptors (Lipinski definition) is 5. The van der Waals surface area contributed by atoms with E-state index in [9.17, 15) is 18.3 Å². The van der Waals surface area contributed by atoms with Crippen LogP contribution in [-0.2, 0) is 19.6 Å². The molecule has 0 radical (unpaired) electrons. The molecule has 0 aliphatic carbocycles. The number of benzene rings is 1. The molecule has 0 spiro atoms. The highest BCUT2D eigenvalue weighted by molar-refractivity contribution is 7.89. The Morgan fingerprint density at radius 3 is 2.42 bits per heavy atom. The van der Waals surface area contributed by atoms with Crippen LogP contribution in [0.1, 0.15) is 38.2 Å². The zero-order valence-corrected chi connectivity index (χ0v) is 15.3. The van der Waals surface area contributed by atoms with Gasteiger partial charge in [-0.2, -0.15) is 0 Å². The van der Waals surface area contributed by atoms with E-state index < -0.39 is 28.0 Å². The fourth-order valence-electron chi connectivity index (χ4n) is 2.33. The Morgan fingerprint density at radius 2 is 1.88 bits per heavy atom. The Kier molecular flexibility index (Phi) is 8.38. The second kappa shape index (κ2) is 9.76.